The van der Waals surface area contributed by atoms with Crippen LogP contribution < -0.4 is 4.35 Å². The van der Waals surface area contributed by atoms with Gasteiger partial charge in [-0.15, -0.1) is 0 Å². The van der Waals surface area contributed by atoms with Crippen LogP contribution in [0.3, 0.4) is 0 Å². The van der Waals surface area contributed by atoms with E-state index >= 15 is 0 Å². The second kappa shape index (κ2) is 6.04. The number of benzene rings is 1. The molecule has 0 amide bonds. The van der Waals surface area contributed by atoms with E-state index in [-0.39, 0.29) is 16.7 Å². The van der Waals surface area contributed by atoms with E-state index in [1.54, 1.807) is 18.2 Å². The average molecular weight is 220 g/mol. The number of phenolic OH excluding ortho intramolecular Hbond substituents is 1. The summed E-state index contributed by atoms with van der Waals surface area (Å²) in [6.07, 6.45) is 0. The second-order valence-electron chi connectivity index (χ2n) is 1.61. The van der Waals surface area contributed by atoms with Crippen LogP contribution >= 0.6 is 0 Å². The molecule has 0 spiro atoms. The fraction of sp³-hybridized carbons (Fsp3) is 0. The molecule has 0 aromatic heterocycles. The fourth-order valence-electron chi connectivity index (χ4n) is 0.550. The first kappa shape index (κ1) is 12.9. The summed E-state index contributed by atoms with van der Waals surface area (Å²) in [5.41, 5.74) is 0. The minimum absolute atomic E-state index is 0. The van der Waals surface area contributed by atoms with Crippen LogP contribution in [0.1, 0.15) is 0 Å². The van der Waals surface area contributed by atoms with Gasteiger partial charge in [0.05, 0.1) is 0 Å². The third kappa shape index (κ3) is 3.88. The molecular formula is C6H9AsO4. The van der Waals surface area contributed by atoms with Gasteiger partial charge < -0.3 is 11.0 Å². The van der Waals surface area contributed by atoms with Crippen LogP contribution in [-0.4, -0.2) is 31.8 Å². The van der Waals surface area contributed by atoms with Gasteiger partial charge in [0, 0.05) is 0 Å². The molecule has 0 saturated carbocycles. The Bertz CT molecular complexity index is 226. The van der Waals surface area contributed by atoms with Crippen LogP contribution in [0.5, 0.6) is 5.75 Å². The zero-order valence-corrected chi connectivity index (χ0v) is 7.49. The second-order valence-corrected chi connectivity index (χ2v) is 3.08. The van der Waals surface area contributed by atoms with Gasteiger partial charge in [0.25, 0.3) is 0 Å². The molecule has 1 aromatic rings. The molecule has 0 aliphatic rings. The van der Waals surface area contributed by atoms with Crippen molar-refractivity contribution in [3.05, 3.63) is 24.3 Å². The predicted octanol–water partition coefficient (Wildman–Crippen LogP) is -1.58. The Balaban J connectivity index is 0. The third-order valence-electron chi connectivity index (χ3n) is 0.935. The van der Waals surface area contributed by atoms with Crippen LogP contribution in [0.25, 0.3) is 0 Å². The van der Waals surface area contributed by atoms with Gasteiger partial charge in [0.1, 0.15) is 0 Å². The van der Waals surface area contributed by atoms with Crippen molar-refractivity contribution in [2.75, 3.05) is 0 Å². The third-order valence-corrected chi connectivity index (χ3v) is 1.96. The van der Waals surface area contributed by atoms with Crippen LogP contribution in [0.4, 0.5) is 0 Å². The molecule has 0 atom stereocenters. The maximum atomic E-state index is 10.3. The molecule has 0 aliphatic heterocycles. The van der Waals surface area contributed by atoms with Gasteiger partial charge in [-0.3, -0.25) is 0 Å². The standard InChI is InChI=1S/C6H5AsO2.2H2O/c8-6-3-1-2-5(4-6)7-9;;/h1-4,8H;2*1H2. The van der Waals surface area contributed by atoms with E-state index in [1.165, 1.54) is 6.07 Å². The predicted molar refractivity (Wildman–Crippen MR) is 41.4 cm³/mol. The SMILES string of the molecule is O.O.O=[As]c1cccc(O)c1. The molecule has 1 aromatic carbocycles. The van der Waals surface area contributed by atoms with Gasteiger partial charge in [0.2, 0.25) is 0 Å². The van der Waals surface area contributed by atoms with Crippen molar-refractivity contribution >= 4 is 20.0 Å². The van der Waals surface area contributed by atoms with Crippen LogP contribution in [0, 0.1) is 0 Å². The summed E-state index contributed by atoms with van der Waals surface area (Å²) in [6.45, 7) is 0. The molecule has 4 nitrogen and oxygen atoms in total. The Morgan fingerprint density at radius 3 is 2.27 bits per heavy atom. The molecule has 0 heterocycles. The summed E-state index contributed by atoms with van der Waals surface area (Å²) >= 11 is -0.992. The van der Waals surface area contributed by atoms with E-state index in [1.807, 2.05) is 0 Å². The van der Waals surface area contributed by atoms with Crippen molar-refractivity contribution < 1.29 is 19.8 Å². The Kier molecular flexibility index (Phi) is 7.10. The molecular weight excluding hydrogens is 211 g/mol. The molecule has 1 rings (SSSR count). The molecule has 5 heteroatoms. The van der Waals surface area contributed by atoms with Crippen LogP contribution in [0.15, 0.2) is 24.3 Å². The van der Waals surface area contributed by atoms with Crippen molar-refractivity contribution in [1.82, 2.24) is 0 Å². The molecule has 62 valence electrons. The first-order chi connectivity index (χ1) is 4.33. The zero-order chi connectivity index (χ0) is 6.69. The normalized spacial score (nSPS) is 8.00. The monoisotopic (exact) mass is 220 g/mol. The van der Waals surface area contributed by atoms with Gasteiger partial charge in [0.15, 0.2) is 0 Å². The molecule has 5 N–H and O–H groups in total. The molecule has 0 unspecified atom stereocenters. The molecule has 0 bridgehead atoms. The Labute approximate surface area is 70.4 Å². The van der Waals surface area contributed by atoms with E-state index in [9.17, 15) is 3.74 Å². The molecule has 0 aliphatic carbocycles. The number of phenols is 1. The molecule has 0 radical (unpaired) electrons. The van der Waals surface area contributed by atoms with Gasteiger partial charge in [-0.1, -0.05) is 0 Å². The minimum atomic E-state index is -0.992. The molecule has 0 fully saturated rings. The summed E-state index contributed by atoms with van der Waals surface area (Å²) in [5.74, 6) is 0.179. The van der Waals surface area contributed by atoms with Crippen LogP contribution in [0.2, 0.25) is 0 Å². The average Bonchev–Trinajstić information content (AvgIpc) is 1.88. The van der Waals surface area contributed by atoms with Gasteiger partial charge in [-0.2, -0.15) is 0 Å². The van der Waals surface area contributed by atoms with E-state index in [4.69, 9.17) is 5.11 Å². The van der Waals surface area contributed by atoms with E-state index in [0.717, 1.165) is 0 Å². The quantitative estimate of drug-likeness (QED) is 0.577. The Hall–Kier alpha value is -0.702. The first-order valence-corrected chi connectivity index (χ1v) is 4.16. The molecule has 11 heavy (non-hydrogen) atoms. The summed E-state index contributed by atoms with van der Waals surface area (Å²) in [4.78, 5) is 0. The maximum absolute atomic E-state index is 10.3. The summed E-state index contributed by atoms with van der Waals surface area (Å²) < 4.78 is 11.0. The van der Waals surface area contributed by atoms with Crippen molar-refractivity contribution in [3.8, 4) is 5.75 Å². The summed E-state index contributed by atoms with van der Waals surface area (Å²) in [5, 5.41) is 8.82. The van der Waals surface area contributed by atoms with E-state index in [0.29, 0.717) is 4.35 Å². The summed E-state index contributed by atoms with van der Waals surface area (Å²) in [6, 6.07) is 6.47. The van der Waals surface area contributed by atoms with Gasteiger partial charge in [-0.05, 0) is 0 Å². The van der Waals surface area contributed by atoms with Gasteiger partial charge in [-0.25, -0.2) is 0 Å². The zero-order valence-electron chi connectivity index (χ0n) is 5.61. The molecule has 0 saturated heterocycles. The topological polar surface area (TPSA) is 100 Å². The number of rotatable bonds is 1. The Morgan fingerprint density at radius 1 is 1.27 bits per heavy atom. The van der Waals surface area contributed by atoms with Crippen molar-refractivity contribution in [1.29, 1.82) is 0 Å². The Morgan fingerprint density at radius 2 is 1.91 bits per heavy atom. The van der Waals surface area contributed by atoms with E-state index < -0.39 is 15.7 Å². The van der Waals surface area contributed by atoms with Crippen molar-refractivity contribution in [2.24, 2.45) is 0 Å². The fourth-order valence-corrected chi connectivity index (χ4v) is 1.25. The van der Waals surface area contributed by atoms with Crippen molar-refractivity contribution in [2.45, 2.75) is 0 Å². The van der Waals surface area contributed by atoms with Gasteiger partial charge >= 0.3 is 58.9 Å². The number of hydrogen-bond donors (Lipinski definition) is 1. The van der Waals surface area contributed by atoms with Crippen LogP contribution in [-0.2, 0) is 3.74 Å². The van der Waals surface area contributed by atoms with E-state index in [2.05, 4.69) is 0 Å². The number of hydrogen-bond acceptors (Lipinski definition) is 2. The number of aromatic hydroxyl groups is 1. The van der Waals surface area contributed by atoms with Crippen molar-refractivity contribution in [3.63, 3.8) is 0 Å². The summed E-state index contributed by atoms with van der Waals surface area (Å²) in [7, 11) is 0. The first-order valence-electron chi connectivity index (χ1n) is 2.45.